The molecule has 1 rings (SSSR count). The van der Waals surface area contributed by atoms with Crippen molar-refractivity contribution in [3.63, 3.8) is 0 Å². The number of ether oxygens (including phenoxy) is 1. The number of benzene rings is 1. The van der Waals surface area contributed by atoms with Gasteiger partial charge in [0.25, 0.3) is 0 Å². The fourth-order valence-electron chi connectivity index (χ4n) is 1.01. The molecule has 0 spiro atoms. The van der Waals surface area contributed by atoms with Gasteiger partial charge in [0, 0.05) is 25.8 Å². The number of nitrogens with zero attached hydrogens (tertiary/aromatic N) is 1. The minimum atomic E-state index is 0.0478. The Morgan fingerprint density at radius 1 is 1.38 bits per heavy atom. The minimum absolute atomic E-state index is 0.0478. The van der Waals surface area contributed by atoms with Crippen molar-refractivity contribution >= 4 is 5.69 Å². The summed E-state index contributed by atoms with van der Waals surface area (Å²) in [7, 11) is 3.95. The van der Waals surface area contributed by atoms with Gasteiger partial charge < -0.3 is 14.7 Å². The van der Waals surface area contributed by atoms with E-state index in [0.717, 1.165) is 11.4 Å². The molecule has 0 aromatic heterocycles. The van der Waals surface area contributed by atoms with Gasteiger partial charge in [-0.2, -0.15) is 0 Å². The summed E-state index contributed by atoms with van der Waals surface area (Å²) in [6.45, 7) is 0.392. The van der Waals surface area contributed by atoms with E-state index < -0.39 is 0 Å². The molecular weight excluding hydrogens is 166 g/mol. The van der Waals surface area contributed by atoms with E-state index in [2.05, 4.69) is 0 Å². The molecule has 0 saturated carbocycles. The second-order valence-electron chi connectivity index (χ2n) is 2.96. The maximum absolute atomic E-state index is 8.57. The second kappa shape index (κ2) is 4.72. The summed E-state index contributed by atoms with van der Waals surface area (Å²) in [4.78, 5) is 2.01. The maximum Gasteiger partial charge on any atom is 0.121 e. The molecule has 0 aliphatic carbocycles. The summed E-state index contributed by atoms with van der Waals surface area (Å²) in [5.41, 5.74) is 1.09. The van der Waals surface area contributed by atoms with Crippen LogP contribution in [0.5, 0.6) is 5.75 Å². The van der Waals surface area contributed by atoms with Crippen LogP contribution in [0.1, 0.15) is 0 Å². The quantitative estimate of drug-likeness (QED) is 0.755. The van der Waals surface area contributed by atoms with E-state index in [1.807, 2.05) is 43.3 Å². The molecule has 1 aromatic carbocycles. The highest BCUT2D eigenvalue weighted by molar-refractivity contribution is 5.49. The first kappa shape index (κ1) is 9.86. The van der Waals surface area contributed by atoms with Gasteiger partial charge >= 0.3 is 0 Å². The predicted octanol–water partition coefficient (Wildman–Crippen LogP) is 1.12. The van der Waals surface area contributed by atoms with Crippen molar-refractivity contribution < 1.29 is 9.84 Å². The van der Waals surface area contributed by atoms with Crippen LogP contribution in [0.2, 0.25) is 0 Å². The van der Waals surface area contributed by atoms with E-state index >= 15 is 0 Å². The molecule has 0 amide bonds. The van der Waals surface area contributed by atoms with E-state index in [0.29, 0.717) is 6.61 Å². The van der Waals surface area contributed by atoms with Crippen molar-refractivity contribution in [2.24, 2.45) is 0 Å². The smallest absolute Gasteiger partial charge is 0.121 e. The molecule has 0 atom stereocenters. The molecule has 0 unspecified atom stereocenters. The number of anilines is 1. The fourth-order valence-corrected chi connectivity index (χ4v) is 1.01. The third-order valence-electron chi connectivity index (χ3n) is 1.69. The molecule has 1 N–H and O–H groups in total. The molecule has 72 valence electrons. The zero-order chi connectivity index (χ0) is 9.68. The third-order valence-corrected chi connectivity index (χ3v) is 1.69. The molecule has 0 aliphatic heterocycles. The first-order chi connectivity index (χ1) is 6.24. The Kier molecular flexibility index (Phi) is 3.58. The van der Waals surface area contributed by atoms with Gasteiger partial charge in [0.15, 0.2) is 0 Å². The van der Waals surface area contributed by atoms with Crippen molar-refractivity contribution in [1.82, 2.24) is 0 Å². The molecule has 13 heavy (non-hydrogen) atoms. The number of rotatable bonds is 4. The molecule has 0 aliphatic rings. The lowest BCUT2D eigenvalue weighted by Gasteiger charge is -2.13. The van der Waals surface area contributed by atoms with Gasteiger partial charge in [-0.15, -0.1) is 0 Å². The Labute approximate surface area is 78.6 Å². The zero-order valence-corrected chi connectivity index (χ0v) is 8.03. The van der Waals surface area contributed by atoms with Crippen LogP contribution in [0.15, 0.2) is 24.3 Å². The number of aliphatic hydroxyl groups is 1. The Morgan fingerprint density at radius 3 is 2.77 bits per heavy atom. The van der Waals surface area contributed by atoms with Crippen LogP contribution >= 0.6 is 0 Å². The molecular formula is C10H15NO2. The third kappa shape index (κ3) is 2.95. The van der Waals surface area contributed by atoms with Gasteiger partial charge in [-0.3, -0.25) is 0 Å². The van der Waals surface area contributed by atoms with Gasteiger partial charge in [0.05, 0.1) is 6.61 Å². The summed E-state index contributed by atoms with van der Waals surface area (Å²) < 4.78 is 5.27. The minimum Gasteiger partial charge on any atom is -0.491 e. The molecule has 0 radical (unpaired) electrons. The van der Waals surface area contributed by atoms with Gasteiger partial charge in [-0.1, -0.05) is 6.07 Å². The highest BCUT2D eigenvalue weighted by Crippen LogP contribution is 2.18. The molecule has 1 aromatic rings. The van der Waals surface area contributed by atoms with Crippen molar-refractivity contribution in [2.75, 3.05) is 32.2 Å². The van der Waals surface area contributed by atoms with Crippen molar-refractivity contribution in [1.29, 1.82) is 0 Å². The fraction of sp³-hybridized carbons (Fsp3) is 0.400. The Bertz CT molecular complexity index is 261. The Balaban J connectivity index is 2.68. The van der Waals surface area contributed by atoms with Gasteiger partial charge in [-0.25, -0.2) is 0 Å². The van der Waals surface area contributed by atoms with Crippen LogP contribution in [0.25, 0.3) is 0 Å². The normalized spacial score (nSPS) is 9.77. The largest absolute Gasteiger partial charge is 0.491 e. The van der Waals surface area contributed by atoms with Gasteiger partial charge in [0.2, 0.25) is 0 Å². The van der Waals surface area contributed by atoms with E-state index in [9.17, 15) is 0 Å². The maximum atomic E-state index is 8.57. The van der Waals surface area contributed by atoms with E-state index in [-0.39, 0.29) is 6.61 Å². The highest BCUT2D eigenvalue weighted by Gasteiger charge is 1.97. The second-order valence-corrected chi connectivity index (χ2v) is 2.96. The average molecular weight is 181 g/mol. The predicted molar refractivity (Wildman–Crippen MR) is 53.3 cm³/mol. The number of hydrogen-bond acceptors (Lipinski definition) is 3. The topological polar surface area (TPSA) is 32.7 Å². The van der Waals surface area contributed by atoms with Gasteiger partial charge in [-0.05, 0) is 12.1 Å². The first-order valence-corrected chi connectivity index (χ1v) is 4.25. The van der Waals surface area contributed by atoms with Gasteiger partial charge in [0.1, 0.15) is 12.4 Å². The van der Waals surface area contributed by atoms with Crippen molar-refractivity contribution in [3.8, 4) is 5.75 Å². The zero-order valence-electron chi connectivity index (χ0n) is 8.03. The van der Waals surface area contributed by atoms with E-state index in [1.54, 1.807) is 0 Å². The molecule has 0 saturated heterocycles. The molecule has 0 bridgehead atoms. The summed E-state index contributed by atoms with van der Waals surface area (Å²) >= 11 is 0. The first-order valence-electron chi connectivity index (χ1n) is 4.25. The SMILES string of the molecule is CN(C)c1cccc(OCCO)c1. The monoisotopic (exact) mass is 181 g/mol. The Morgan fingerprint density at radius 2 is 2.15 bits per heavy atom. The Hall–Kier alpha value is -1.22. The van der Waals surface area contributed by atoms with Crippen molar-refractivity contribution in [3.05, 3.63) is 24.3 Å². The van der Waals surface area contributed by atoms with Crippen LogP contribution in [0.4, 0.5) is 5.69 Å². The lowest BCUT2D eigenvalue weighted by molar-refractivity contribution is 0.201. The lowest BCUT2D eigenvalue weighted by Crippen LogP contribution is -2.09. The standard InChI is InChI=1S/C10H15NO2/c1-11(2)9-4-3-5-10(8-9)13-7-6-12/h3-5,8,12H,6-7H2,1-2H3. The van der Waals surface area contributed by atoms with E-state index in [4.69, 9.17) is 9.84 Å². The summed E-state index contributed by atoms with van der Waals surface area (Å²) in [5.74, 6) is 0.792. The highest BCUT2D eigenvalue weighted by atomic mass is 16.5. The molecule has 3 heteroatoms. The molecule has 0 heterocycles. The summed E-state index contributed by atoms with van der Waals surface area (Å²) in [6, 6.07) is 7.76. The van der Waals surface area contributed by atoms with Crippen LogP contribution in [-0.2, 0) is 0 Å². The summed E-state index contributed by atoms with van der Waals surface area (Å²) in [5, 5.41) is 8.57. The van der Waals surface area contributed by atoms with Crippen LogP contribution in [0, 0.1) is 0 Å². The molecule has 3 nitrogen and oxygen atoms in total. The number of aliphatic hydroxyl groups excluding tert-OH is 1. The average Bonchev–Trinajstić information content (AvgIpc) is 2.15. The lowest BCUT2D eigenvalue weighted by atomic mass is 10.3. The van der Waals surface area contributed by atoms with Crippen LogP contribution in [-0.4, -0.2) is 32.4 Å². The van der Waals surface area contributed by atoms with E-state index in [1.165, 1.54) is 0 Å². The van der Waals surface area contributed by atoms with Crippen LogP contribution < -0.4 is 9.64 Å². The number of hydrogen-bond donors (Lipinski definition) is 1. The molecule has 0 fully saturated rings. The van der Waals surface area contributed by atoms with Crippen LogP contribution in [0.3, 0.4) is 0 Å². The summed E-state index contributed by atoms with van der Waals surface area (Å²) in [6.07, 6.45) is 0. The van der Waals surface area contributed by atoms with Crippen molar-refractivity contribution in [2.45, 2.75) is 0 Å².